The van der Waals surface area contributed by atoms with Gasteiger partial charge in [0.1, 0.15) is 5.75 Å². The Kier molecular flexibility index (Phi) is 10.9. The molecule has 0 N–H and O–H groups in total. The molecule has 31 heavy (non-hydrogen) atoms. The average Bonchev–Trinajstić information content (AvgIpc) is 3.53. The van der Waals surface area contributed by atoms with E-state index in [4.69, 9.17) is 4.74 Å². The van der Waals surface area contributed by atoms with Crippen LogP contribution in [-0.4, -0.2) is 11.7 Å². The van der Waals surface area contributed by atoms with Crippen LogP contribution in [0.3, 0.4) is 0 Å². The maximum atomic E-state index is 5.30. The van der Waals surface area contributed by atoms with Crippen molar-refractivity contribution >= 4 is 11.0 Å². The fourth-order valence-corrected chi connectivity index (χ4v) is 3.66. The number of hydrogen-bond acceptors (Lipinski definition) is 1. The van der Waals surface area contributed by atoms with Crippen LogP contribution in [0.2, 0.25) is 0 Å². The van der Waals surface area contributed by atoms with Crippen molar-refractivity contribution in [2.75, 3.05) is 7.11 Å². The number of nitrogens with zero attached hydrogens (tertiary/aromatic N) is 2. The van der Waals surface area contributed by atoms with Gasteiger partial charge in [0, 0.05) is 5.92 Å². The fourth-order valence-electron chi connectivity index (χ4n) is 3.66. The van der Waals surface area contributed by atoms with Crippen molar-refractivity contribution in [1.29, 1.82) is 0 Å². The van der Waals surface area contributed by atoms with E-state index in [9.17, 15) is 0 Å². The molecule has 0 unspecified atom stereocenters. The van der Waals surface area contributed by atoms with Crippen LogP contribution in [-0.2, 0) is 30.7 Å². The average molecular weight is 564 g/mol. The molecular weight excluding hydrogens is 539 g/mol. The largest absolute Gasteiger partial charge is 2.00 e. The Hall–Kier alpha value is -1.04. The molecule has 3 aromatic rings. The van der Waals surface area contributed by atoms with Gasteiger partial charge >= 0.3 is 17.1 Å². The van der Waals surface area contributed by atoms with Crippen LogP contribution in [0.1, 0.15) is 0 Å². The van der Waals surface area contributed by atoms with Gasteiger partial charge in [-0.3, -0.25) is 0 Å². The van der Waals surface area contributed by atoms with Gasteiger partial charge in [-0.05, 0) is 94.2 Å². The number of hydrogen-bond donors (Lipinski definition) is 0. The van der Waals surface area contributed by atoms with Gasteiger partial charge < -0.3 is 28.7 Å². The summed E-state index contributed by atoms with van der Waals surface area (Å²) in [6.45, 7) is 0.857. The summed E-state index contributed by atoms with van der Waals surface area (Å²) < 4.78 is 9.94. The number of rotatable bonds is 4. The first kappa shape index (κ1) is 26.2. The van der Waals surface area contributed by atoms with E-state index in [0.29, 0.717) is 0 Å². The van der Waals surface area contributed by atoms with E-state index in [-0.39, 0.29) is 41.0 Å². The number of benzene rings is 2. The van der Waals surface area contributed by atoms with Crippen molar-refractivity contribution in [2.24, 2.45) is 7.05 Å². The van der Waals surface area contributed by atoms with Crippen molar-refractivity contribution in [3.63, 3.8) is 0 Å². The zero-order valence-corrected chi connectivity index (χ0v) is 20.8. The molecule has 1 aromatic heterocycles. The molecule has 3 nitrogen and oxygen atoms in total. The van der Waals surface area contributed by atoms with Crippen LogP contribution in [0.5, 0.6) is 5.75 Å². The summed E-state index contributed by atoms with van der Waals surface area (Å²) in [5.74, 6) is 3.38. The third-order valence-electron chi connectivity index (χ3n) is 5.08. The molecule has 2 aliphatic rings. The van der Waals surface area contributed by atoms with Gasteiger partial charge in [0.2, 0.25) is 0 Å². The maximum absolute atomic E-state index is 5.30. The Morgan fingerprint density at radius 3 is 1.97 bits per heavy atom. The summed E-state index contributed by atoms with van der Waals surface area (Å²) in [6, 6.07) is 16.8. The zero-order chi connectivity index (χ0) is 20.1. The van der Waals surface area contributed by atoms with Crippen LogP contribution in [0.4, 0.5) is 0 Å². The summed E-state index contributed by atoms with van der Waals surface area (Å²) in [5, 5.41) is 0. The monoisotopic (exact) mass is 564 g/mol. The molecular formula is C26H25FeIN2O+2. The molecule has 0 bridgehead atoms. The minimum Gasteiger partial charge on any atom is -1.00 e. The molecule has 10 radical (unpaired) electrons. The number of methoxy groups -OCH3 is 1. The molecule has 2 aromatic carbocycles. The van der Waals surface area contributed by atoms with Crippen LogP contribution in [0.15, 0.2) is 48.5 Å². The smallest absolute Gasteiger partial charge is 1.00 e. The number of imidazole rings is 1. The molecule has 0 aliphatic heterocycles. The Balaban J connectivity index is 0.000000432. The van der Waals surface area contributed by atoms with Gasteiger partial charge in [-0.2, -0.15) is 0 Å². The van der Waals surface area contributed by atoms with Crippen molar-refractivity contribution in [1.82, 2.24) is 4.57 Å². The van der Waals surface area contributed by atoms with Crippen LogP contribution in [0.25, 0.3) is 22.4 Å². The zero-order valence-electron chi connectivity index (χ0n) is 17.6. The Morgan fingerprint density at radius 2 is 1.39 bits per heavy atom. The van der Waals surface area contributed by atoms with Gasteiger partial charge in [0.15, 0.2) is 11.0 Å². The minimum atomic E-state index is 0. The van der Waals surface area contributed by atoms with Gasteiger partial charge in [-0.25, -0.2) is 9.13 Å². The summed E-state index contributed by atoms with van der Waals surface area (Å²) in [5.41, 5.74) is 3.66. The molecule has 2 aliphatic carbocycles. The SMILES string of the molecule is COc1ccc(-c2n(C[C]3[CH][CH][CH][CH]3)c3ccccc3[n+]2C)cc1.[CH]1[CH][CH][CH][CH]1.[Fe+2].[I-]. The molecule has 158 valence electrons. The van der Waals surface area contributed by atoms with E-state index >= 15 is 0 Å². The molecule has 0 atom stereocenters. The first-order chi connectivity index (χ1) is 14.3. The third kappa shape index (κ3) is 6.27. The van der Waals surface area contributed by atoms with Crippen molar-refractivity contribution < 1.29 is 50.3 Å². The van der Waals surface area contributed by atoms with Crippen molar-refractivity contribution in [2.45, 2.75) is 6.54 Å². The minimum absolute atomic E-state index is 0. The van der Waals surface area contributed by atoms with E-state index in [1.54, 1.807) is 7.11 Å². The maximum Gasteiger partial charge on any atom is 2.00 e. The predicted octanol–water partition coefficient (Wildman–Crippen LogP) is 1.57. The summed E-state index contributed by atoms with van der Waals surface area (Å²) in [4.78, 5) is 0. The molecule has 0 amide bonds. The molecule has 0 spiro atoms. The quantitative estimate of drug-likeness (QED) is 0.268. The van der Waals surface area contributed by atoms with Gasteiger partial charge in [0.25, 0.3) is 5.82 Å². The van der Waals surface area contributed by atoms with Gasteiger partial charge in [-0.1, -0.05) is 12.1 Å². The molecule has 2 fully saturated rings. The van der Waals surface area contributed by atoms with Crippen LogP contribution in [0, 0.1) is 63.7 Å². The van der Waals surface area contributed by atoms with Gasteiger partial charge in [-0.15, -0.1) is 0 Å². The predicted molar refractivity (Wildman–Crippen MR) is 117 cm³/mol. The summed E-state index contributed by atoms with van der Waals surface area (Å²) in [6.07, 6.45) is 18.5. The molecule has 5 rings (SSSR count). The molecule has 1 heterocycles. The normalized spacial score (nSPS) is 15.7. The molecule has 5 heteroatoms. The second-order valence-corrected chi connectivity index (χ2v) is 6.94. The first-order valence-corrected chi connectivity index (χ1v) is 9.77. The van der Waals surface area contributed by atoms with Crippen molar-refractivity contribution in [3.8, 4) is 17.1 Å². The molecule has 2 saturated carbocycles. The number of ether oxygens (including phenoxy) is 1. The Labute approximate surface area is 215 Å². The first-order valence-electron chi connectivity index (χ1n) is 9.77. The van der Waals surface area contributed by atoms with E-state index < -0.39 is 0 Å². The van der Waals surface area contributed by atoms with Crippen molar-refractivity contribution in [3.05, 3.63) is 112 Å². The number of fused-ring (bicyclic) bond motifs is 1. The van der Waals surface area contributed by atoms with Crippen LogP contribution >= 0.6 is 0 Å². The third-order valence-corrected chi connectivity index (χ3v) is 5.08. The fraction of sp³-hybridized carbons (Fsp3) is 0.115. The second-order valence-electron chi connectivity index (χ2n) is 6.94. The summed E-state index contributed by atoms with van der Waals surface area (Å²) >= 11 is 0. The molecule has 0 saturated heterocycles. The topological polar surface area (TPSA) is 18.0 Å². The standard InChI is InChI=1S/C21H20N2O.C5H5.Fe.HI/c1-22-19-9-5-6-10-20(19)23(15-16-7-3-4-8-16)21(22)17-11-13-18(24-2)14-12-17;1-2-4-5-3-1;;/h3-14H,15H2,1-2H3;1-5H;;1H/q+1;;+2;/p-1. The van der Waals surface area contributed by atoms with Gasteiger partial charge in [0.05, 0.1) is 26.3 Å². The van der Waals surface area contributed by atoms with E-state index in [0.717, 1.165) is 12.3 Å². The number of aromatic nitrogens is 2. The van der Waals surface area contributed by atoms with Crippen LogP contribution < -0.4 is 33.3 Å². The summed E-state index contributed by atoms with van der Waals surface area (Å²) in [7, 11) is 3.82. The second kappa shape index (κ2) is 12.9. The van der Waals surface area contributed by atoms with E-state index in [1.165, 1.54) is 28.3 Å². The van der Waals surface area contributed by atoms with E-state index in [1.807, 2.05) is 44.2 Å². The number of aryl methyl sites for hydroxylation is 1. The Bertz CT molecular complexity index is 921. The Morgan fingerprint density at radius 1 is 0.806 bits per heavy atom. The number of para-hydroxylation sites is 2. The van der Waals surface area contributed by atoms with E-state index in [2.05, 4.69) is 78.3 Å². The number of halogens is 1.